The van der Waals surface area contributed by atoms with E-state index in [1.165, 1.54) is 11.8 Å². The van der Waals surface area contributed by atoms with Gasteiger partial charge in [-0.2, -0.15) is 0 Å². The molecule has 0 unspecified atom stereocenters. The van der Waals surface area contributed by atoms with Crippen molar-refractivity contribution >= 4 is 17.7 Å². The fraction of sp³-hybridized carbons (Fsp3) is 0.455. The Balaban J connectivity index is 2.58. The van der Waals surface area contributed by atoms with Crippen LogP contribution in [-0.2, 0) is 9.53 Å². The first kappa shape index (κ1) is 12.0. The summed E-state index contributed by atoms with van der Waals surface area (Å²) in [7, 11) is 0. The van der Waals surface area contributed by atoms with Crippen molar-refractivity contribution in [3.8, 4) is 0 Å². The average molecular weight is 225 g/mol. The van der Waals surface area contributed by atoms with Gasteiger partial charge in [0, 0.05) is 17.3 Å². The zero-order chi connectivity index (χ0) is 11.1. The van der Waals surface area contributed by atoms with E-state index in [1.807, 2.05) is 26.0 Å². The second-order valence-electron chi connectivity index (χ2n) is 2.95. The van der Waals surface area contributed by atoms with Crippen molar-refractivity contribution in [2.75, 3.05) is 6.61 Å². The number of ether oxygens (including phenoxy) is 1. The molecule has 4 heteroatoms. The summed E-state index contributed by atoms with van der Waals surface area (Å²) in [5.74, 6) is -0.137. The van der Waals surface area contributed by atoms with Crippen LogP contribution in [0, 0.1) is 0 Å². The summed E-state index contributed by atoms with van der Waals surface area (Å²) in [6.45, 7) is 4.24. The lowest BCUT2D eigenvalue weighted by Gasteiger charge is -2.12. The molecular weight excluding hydrogens is 210 g/mol. The van der Waals surface area contributed by atoms with Crippen LogP contribution in [0.15, 0.2) is 29.4 Å². The minimum absolute atomic E-state index is 0.118. The molecule has 82 valence electrons. The van der Waals surface area contributed by atoms with E-state index < -0.39 is 0 Å². The van der Waals surface area contributed by atoms with Gasteiger partial charge in [-0.3, -0.25) is 9.78 Å². The standard InChI is InChI=1S/C11H15NO2S/c1-3-10(11(13)14-4-2)15-9-5-7-12-8-6-9/h5-8,10H,3-4H2,1-2H3/t10-/m1/s1. The van der Waals surface area contributed by atoms with Gasteiger partial charge in [-0.05, 0) is 25.5 Å². The number of pyridine rings is 1. The molecule has 0 spiro atoms. The normalized spacial score (nSPS) is 12.1. The largest absolute Gasteiger partial charge is 0.465 e. The molecule has 0 saturated heterocycles. The molecule has 0 aliphatic carbocycles. The minimum Gasteiger partial charge on any atom is -0.465 e. The molecule has 1 heterocycles. The SMILES string of the molecule is CCOC(=O)[C@@H](CC)Sc1ccncc1. The zero-order valence-electron chi connectivity index (χ0n) is 8.97. The van der Waals surface area contributed by atoms with Crippen LogP contribution in [-0.4, -0.2) is 22.8 Å². The lowest BCUT2D eigenvalue weighted by molar-refractivity contribution is -0.142. The molecule has 0 aromatic carbocycles. The maximum absolute atomic E-state index is 11.5. The van der Waals surface area contributed by atoms with Crippen LogP contribution in [0.1, 0.15) is 20.3 Å². The molecule has 1 aromatic rings. The Hall–Kier alpha value is -1.03. The number of thioether (sulfide) groups is 1. The number of aromatic nitrogens is 1. The van der Waals surface area contributed by atoms with Crippen LogP contribution in [0.25, 0.3) is 0 Å². The monoisotopic (exact) mass is 225 g/mol. The summed E-state index contributed by atoms with van der Waals surface area (Å²) < 4.78 is 4.99. The molecule has 0 aliphatic heterocycles. The molecule has 3 nitrogen and oxygen atoms in total. The van der Waals surface area contributed by atoms with Gasteiger partial charge in [0.1, 0.15) is 5.25 Å². The highest BCUT2D eigenvalue weighted by molar-refractivity contribution is 8.00. The highest BCUT2D eigenvalue weighted by atomic mass is 32.2. The highest BCUT2D eigenvalue weighted by Crippen LogP contribution is 2.25. The summed E-state index contributed by atoms with van der Waals surface area (Å²) in [6.07, 6.45) is 4.21. The fourth-order valence-electron chi connectivity index (χ4n) is 1.11. The van der Waals surface area contributed by atoms with Crippen molar-refractivity contribution in [1.29, 1.82) is 0 Å². The average Bonchev–Trinajstić information content (AvgIpc) is 2.27. The van der Waals surface area contributed by atoms with Gasteiger partial charge in [-0.1, -0.05) is 6.92 Å². The molecule has 0 N–H and O–H groups in total. The van der Waals surface area contributed by atoms with Crippen molar-refractivity contribution < 1.29 is 9.53 Å². The van der Waals surface area contributed by atoms with Crippen molar-refractivity contribution in [1.82, 2.24) is 4.98 Å². The topological polar surface area (TPSA) is 39.2 Å². The van der Waals surface area contributed by atoms with E-state index >= 15 is 0 Å². The van der Waals surface area contributed by atoms with Crippen molar-refractivity contribution in [3.05, 3.63) is 24.5 Å². The van der Waals surface area contributed by atoms with Crippen molar-refractivity contribution in [2.24, 2.45) is 0 Å². The molecule has 1 rings (SSSR count). The van der Waals surface area contributed by atoms with Crippen LogP contribution in [0.2, 0.25) is 0 Å². The van der Waals surface area contributed by atoms with E-state index in [2.05, 4.69) is 4.98 Å². The van der Waals surface area contributed by atoms with Gasteiger partial charge in [-0.25, -0.2) is 0 Å². The van der Waals surface area contributed by atoms with E-state index in [1.54, 1.807) is 12.4 Å². The number of rotatable bonds is 5. The lowest BCUT2D eigenvalue weighted by Crippen LogP contribution is -2.19. The quantitative estimate of drug-likeness (QED) is 0.570. The van der Waals surface area contributed by atoms with Crippen LogP contribution < -0.4 is 0 Å². The summed E-state index contributed by atoms with van der Waals surface area (Å²) in [5.41, 5.74) is 0. The third kappa shape index (κ3) is 3.91. The van der Waals surface area contributed by atoms with Crippen LogP contribution >= 0.6 is 11.8 Å². The maximum Gasteiger partial charge on any atom is 0.319 e. The maximum atomic E-state index is 11.5. The van der Waals surface area contributed by atoms with E-state index in [0.717, 1.165) is 11.3 Å². The Morgan fingerprint density at radius 1 is 1.47 bits per heavy atom. The lowest BCUT2D eigenvalue weighted by atomic mass is 10.3. The van der Waals surface area contributed by atoms with Gasteiger partial charge >= 0.3 is 5.97 Å². The molecule has 1 aromatic heterocycles. The van der Waals surface area contributed by atoms with Crippen LogP contribution in [0.5, 0.6) is 0 Å². The van der Waals surface area contributed by atoms with Gasteiger partial charge in [0.15, 0.2) is 0 Å². The number of esters is 1. The van der Waals surface area contributed by atoms with Crippen molar-refractivity contribution in [2.45, 2.75) is 30.4 Å². The molecule has 1 atom stereocenters. The highest BCUT2D eigenvalue weighted by Gasteiger charge is 2.18. The molecule has 0 radical (unpaired) electrons. The predicted octanol–water partition coefficient (Wildman–Crippen LogP) is 2.52. The number of carbonyl (C=O) groups excluding carboxylic acids is 1. The number of nitrogens with zero attached hydrogens (tertiary/aromatic N) is 1. The molecule has 0 aliphatic rings. The summed E-state index contributed by atoms with van der Waals surface area (Å²) in [4.78, 5) is 16.5. The van der Waals surface area contributed by atoms with Gasteiger partial charge in [0.05, 0.1) is 6.61 Å². The Bertz CT molecular complexity index is 303. The molecule has 0 saturated carbocycles. The molecule has 0 amide bonds. The zero-order valence-corrected chi connectivity index (χ0v) is 9.79. The van der Waals surface area contributed by atoms with Gasteiger partial charge in [0.25, 0.3) is 0 Å². The minimum atomic E-state index is -0.137. The van der Waals surface area contributed by atoms with Gasteiger partial charge in [-0.15, -0.1) is 11.8 Å². The third-order valence-corrected chi connectivity index (χ3v) is 3.20. The van der Waals surface area contributed by atoms with Crippen LogP contribution in [0.4, 0.5) is 0 Å². The second-order valence-corrected chi connectivity index (χ2v) is 4.23. The van der Waals surface area contributed by atoms with Gasteiger partial charge < -0.3 is 4.74 Å². The predicted molar refractivity (Wildman–Crippen MR) is 60.8 cm³/mol. The fourth-order valence-corrected chi connectivity index (χ4v) is 2.05. The second kappa shape index (κ2) is 6.45. The van der Waals surface area contributed by atoms with E-state index in [9.17, 15) is 4.79 Å². The first-order chi connectivity index (χ1) is 7.27. The third-order valence-electron chi connectivity index (χ3n) is 1.85. The molecular formula is C11H15NO2S. The van der Waals surface area contributed by atoms with E-state index in [4.69, 9.17) is 4.74 Å². The van der Waals surface area contributed by atoms with Gasteiger partial charge in [0.2, 0.25) is 0 Å². The Labute approximate surface area is 94.2 Å². The summed E-state index contributed by atoms with van der Waals surface area (Å²) in [6, 6.07) is 3.79. The van der Waals surface area contributed by atoms with E-state index in [-0.39, 0.29) is 11.2 Å². The summed E-state index contributed by atoms with van der Waals surface area (Å²) in [5, 5.41) is -0.118. The summed E-state index contributed by atoms with van der Waals surface area (Å²) >= 11 is 1.52. The first-order valence-electron chi connectivity index (χ1n) is 5.01. The van der Waals surface area contributed by atoms with Crippen LogP contribution in [0.3, 0.4) is 0 Å². The van der Waals surface area contributed by atoms with Crippen molar-refractivity contribution in [3.63, 3.8) is 0 Å². The number of hydrogen-bond donors (Lipinski definition) is 0. The molecule has 0 bridgehead atoms. The first-order valence-corrected chi connectivity index (χ1v) is 5.89. The number of carbonyl (C=O) groups is 1. The Kier molecular flexibility index (Phi) is 5.18. The van der Waals surface area contributed by atoms with E-state index in [0.29, 0.717) is 6.61 Å². The number of hydrogen-bond acceptors (Lipinski definition) is 4. The smallest absolute Gasteiger partial charge is 0.319 e. The Morgan fingerprint density at radius 3 is 2.67 bits per heavy atom. The molecule has 15 heavy (non-hydrogen) atoms. The molecule has 0 fully saturated rings. The Morgan fingerprint density at radius 2 is 2.13 bits per heavy atom.